The van der Waals surface area contributed by atoms with Crippen molar-refractivity contribution in [1.82, 2.24) is 0 Å². The van der Waals surface area contributed by atoms with Crippen LogP contribution < -0.4 is 9.47 Å². The fraction of sp³-hybridized carbons (Fsp3) is 0.735. The summed E-state index contributed by atoms with van der Waals surface area (Å²) in [5, 5.41) is 0. The summed E-state index contributed by atoms with van der Waals surface area (Å²) < 4.78 is 71.9. The van der Waals surface area contributed by atoms with Gasteiger partial charge in [-0.3, -0.25) is 38.4 Å². The van der Waals surface area contributed by atoms with Gasteiger partial charge in [-0.05, 0) is 323 Å². The van der Waals surface area contributed by atoms with Crippen molar-refractivity contribution < 1.29 is 105 Å². The molecule has 0 unspecified atom stereocenters. The molecule has 10 saturated carbocycles. The minimum absolute atomic E-state index is 0.0359. The average molecular weight is 1670 g/mol. The highest BCUT2D eigenvalue weighted by atomic mass is 16.6. The molecule has 2 aromatic carbocycles. The number of carbonyl (C=O) groups is 10. The van der Waals surface area contributed by atoms with E-state index < -0.39 is 10.8 Å². The molecule has 662 valence electrons. The lowest BCUT2D eigenvalue weighted by atomic mass is 9.43. The van der Waals surface area contributed by atoms with Crippen LogP contribution in [0.4, 0.5) is 0 Å². The molecule has 26 atom stereocenters. The number of hydrogen-bond donors (Lipinski definition) is 0. The van der Waals surface area contributed by atoms with Crippen LogP contribution in [-0.2, 0) is 108 Å². The first-order valence-electron chi connectivity index (χ1n) is 46.0. The number of fused-ring (bicyclic) bond motifs is 10. The largest absolute Gasteiger partial charge is 0.489 e. The number of carbonyl (C=O) groups excluding carboxylic acids is 10. The predicted octanol–water partition coefficient (Wildman–Crippen LogP) is 17.6. The Morgan fingerprint density at radius 1 is 0.425 bits per heavy atom. The van der Waals surface area contributed by atoms with Gasteiger partial charge in [0.25, 0.3) is 25.9 Å². The highest BCUT2D eigenvalue weighted by molar-refractivity contribution is 5.83. The number of ether oxygens (including phenoxy) is 12. The van der Waals surface area contributed by atoms with Crippen LogP contribution in [0.15, 0.2) is 71.8 Å². The first-order chi connectivity index (χ1) is 57.8. The topological polar surface area (TPSA) is 281 Å². The number of unbranched alkanes of at least 4 members (excludes halogenated alkanes) is 1. The van der Waals surface area contributed by atoms with Crippen LogP contribution >= 0.6 is 0 Å². The molecule has 10 fully saturated rings. The normalized spacial score (nSPS) is 35.5. The van der Waals surface area contributed by atoms with Gasteiger partial charge in [-0.2, -0.15) is 0 Å². The SMILES string of the molecule is CCOC(=O)/C=C(/C)COc1ccc(C[C@@H]2CCCC[C@H]2OC(=O)CC[C@@H](C)[C@H]2CC[C@H]3[C@@H]4[C@H](OC=O)C[C@@H]5C[C@H](OC(=O)CCCCC(=O)O[C@@H]6CC[C@@]7(C)[C@@H](C6)C[C@@H](OC=O)[C@@H]6[C@@H]7C[C@H](OC=O)[C@]7(C)[C@@H]([C@H](C)CCC(=O)O[C@@H]8CCCC[C@H]8Cc8ccc(OC/C(C)=C\C(=O)OCC)cc8)CC[C@@H]67)CC[C@]5(C)[C@H]4C[C@H](OC=O)[C@]23C)cc1. The Balaban J connectivity index is 0.577. The molecule has 0 aliphatic heterocycles. The lowest BCUT2D eigenvalue weighted by molar-refractivity contribution is -0.219. The molecule has 22 heteroatoms. The van der Waals surface area contributed by atoms with Crippen LogP contribution in [0.1, 0.15) is 273 Å². The molecule has 22 nitrogen and oxygen atoms in total. The first-order valence-corrected chi connectivity index (χ1v) is 46.0. The fourth-order valence-electron chi connectivity index (χ4n) is 26.3. The van der Waals surface area contributed by atoms with Gasteiger partial charge in [0, 0.05) is 60.5 Å². The molecule has 0 heterocycles. The van der Waals surface area contributed by atoms with Gasteiger partial charge in [-0.15, -0.1) is 0 Å². The minimum Gasteiger partial charge on any atom is -0.489 e. The predicted molar refractivity (Wildman–Crippen MR) is 446 cm³/mol. The van der Waals surface area contributed by atoms with E-state index in [-0.39, 0.29) is 217 Å². The summed E-state index contributed by atoms with van der Waals surface area (Å²) in [7, 11) is 0. The van der Waals surface area contributed by atoms with Crippen molar-refractivity contribution in [2.24, 2.45) is 105 Å². The second-order valence-electron chi connectivity index (χ2n) is 38.9. The zero-order chi connectivity index (χ0) is 85.5. The van der Waals surface area contributed by atoms with Crippen LogP contribution in [0.5, 0.6) is 11.5 Å². The summed E-state index contributed by atoms with van der Waals surface area (Å²) >= 11 is 0. The van der Waals surface area contributed by atoms with E-state index in [1.165, 1.54) is 12.2 Å². The van der Waals surface area contributed by atoms with Crippen LogP contribution in [-0.4, -0.2) is 137 Å². The van der Waals surface area contributed by atoms with Crippen molar-refractivity contribution in [2.45, 2.75) is 324 Å². The van der Waals surface area contributed by atoms with Crippen molar-refractivity contribution >= 4 is 61.7 Å². The van der Waals surface area contributed by atoms with Gasteiger partial charge < -0.3 is 56.8 Å². The summed E-state index contributed by atoms with van der Waals surface area (Å²) in [4.78, 5) is 129. The maximum atomic E-state index is 13.9. The molecule has 0 spiro atoms. The molecular weight excluding hydrogens is 1530 g/mol. The Morgan fingerprint density at radius 2 is 0.800 bits per heavy atom. The highest BCUT2D eigenvalue weighted by Gasteiger charge is 2.70. The third-order valence-corrected chi connectivity index (χ3v) is 32.3. The van der Waals surface area contributed by atoms with E-state index in [1.54, 1.807) is 13.8 Å². The number of hydrogen-bond acceptors (Lipinski definition) is 22. The maximum absolute atomic E-state index is 13.9. The molecule has 10 aliphatic rings. The van der Waals surface area contributed by atoms with E-state index in [9.17, 15) is 47.9 Å². The first kappa shape index (κ1) is 91.4. The van der Waals surface area contributed by atoms with Gasteiger partial charge in [0.05, 0.1) is 13.2 Å². The third kappa shape index (κ3) is 21.2. The molecule has 120 heavy (non-hydrogen) atoms. The van der Waals surface area contributed by atoms with Crippen molar-refractivity contribution in [2.75, 3.05) is 26.4 Å². The minimum atomic E-state index is -0.427. The number of benzene rings is 2. The molecule has 0 bridgehead atoms. The van der Waals surface area contributed by atoms with Crippen molar-refractivity contribution in [3.8, 4) is 11.5 Å². The van der Waals surface area contributed by atoms with Crippen molar-refractivity contribution in [1.29, 1.82) is 0 Å². The number of esters is 6. The monoisotopic (exact) mass is 1670 g/mol. The van der Waals surface area contributed by atoms with Crippen molar-refractivity contribution in [3.63, 3.8) is 0 Å². The summed E-state index contributed by atoms with van der Waals surface area (Å²) in [6, 6.07) is 16.0. The Kier molecular flexibility index (Phi) is 31.7. The average Bonchev–Trinajstić information content (AvgIpc) is 1.19. The Morgan fingerprint density at radius 3 is 1.18 bits per heavy atom. The van der Waals surface area contributed by atoms with Gasteiger partial charge >= 0.3 is 35.8 Å². The highest BCUT2D eigenvalue weighted by Crippen LogP contribution is 2.72. The zero-order valence-corrected chi connectivity index (χ0v) is 73.2. The Bertz CT molecular complexity index is 3620. The van der Waals surface area contributed by atoms with Gasteiger partial charge in [-0.1, -0.05) is 78.6 Å². The molecule has 0 aromatic heterocycles. The third-order valence-electron chi connectivity index (χ3n) is 32.3. The lowest BCUT2D eigenvalue weighted by Gasteiger charge is -2.64. The zero-order valence-electron chi connectivity index (χ0n) is 73.2. The molecule has 2 aromatic rings. The van der Waals surface area contributed by atoms with E-state index in [0.717, 1.165) is 125 Å². The second-order valence-corrected chi connectivity index (χ2v) is 38.9. The maximum Gasteiger partial charge on any atom is 0.330 e. The molecule has 0 radical (unpaired) electrons. The quantitative estimate of drug-likeness (QED) is 0.0198. The smallest absolute Gasteiger partial charge is 0.330 e. The van der Waals surface area contributed by atoms with E-state index in [0.29, 0.717) is 128 Å². The van der Waals surface area contributed by atoms with Crippen LogP contribution in [0.3, 0.4) is 0 Å². The molecule has 0 saturated heterocycles. The van der Waals surface area contributed by atoms with E-state index in [4.69, 9.17) is 56.8 Å². The van der Waals surface area contributed by atoms with E-state index in [1.807, 2.05) is 38.1 Å². The molecule has 12 rings (SSSR count). The van der Waals surface area contributed by atoms with E-state index >= 15 is 0 Å². The fourth-order valence-corrected chi connectivity index (χ4v) is 26.3. The van der Waals surface area contributed by atoms with Crippen LogP contribution in [0.2, 0.25) is 0 Å². The van der Waals surface area contributed by atoms with Crippen LogP contribution in [0, 0.1) is 105 Å². The molecule has 0 N–H and O–H groups in total. The van der Waals surface area contributed by atoms with Gasteiger partial charge in [-0.25, -0.2) is 9.59 Å². The Labute approximate surface area is 711 Å². The standard InChI is InChI=1S/C98H138O22/c1-11-109-91(107)45-61(3)55-111-71-31-27-65(28-32-71)47-67-19-13-15-21-81(67)119-89(105)39-25-63(5)75-35-37-77-93-79(53-85(115-59-101)97(75,77)9)95(7)43-41-73(49-69(95)51-83(93)113-57-99)117-87(103)23-17-18-24-88(104)118-74-42-44-96(8)70(50-74)52-84(114-58-100)94-78-38-36-76(98(78,10)86(116-60-102)54-80(94)96)64(6)26-40-90(106)120-82-22-16-14-20-68(82)48-66-29-33-72(34-30-66)112-56-62(4)46-92(108)110-12-2/h27-34,45-46,57-60,63-64,67-70,73-86,93-94H,11-26,35-44,47-56H2,1-10H3/b61-45-,62-46-/t63-,64-,67+,68+,69+,70+,73-,74-,75-,76-,77+,78+,79+,80+,81-,82-,83-,84-,85+,86+,93+,94+,95+,96+,97-,98-/m1/s1. The van der Waals surface area contributed by atoms with Gasteiger partial charge in [0.2, 0.25) is 0 Å². The van der Waals surface area contributed by atoms with Crippen LogP contribution in [0.25, 0.3) is 0 Å². The van der Waals surface area contributed by atoms with Crippen molar-refractivity contribution in [3.05, 3.63) is 83.0 Å². The summed E-state index contributed by atoms with van der Waals surface area (Å²) in [6.45, 7) is 24.4. The Hall–Kier alpha value is -7.78. The van der Waals surface area contributed by atoms with Gasteiger partial charge in [0.1, 0.15) is 73.5 Å². The lowest BCUT2D eigenvalue weighted by Crippen LogP contribution is -2.63. The molecule has 10 aliphatic carbocycles. The summed E-state index contributed by atoms with van der Waals surface area (Å²) in [6.07, 6.45) is 23.1. The molecule has 0 amide bonds. The summed E-state index contributed by atoms with van der Waals surface area (Å²) in [5.41, 5.74) is 2.56. The second kappa shape index (κ2) is 41.6. The number of rotatable bonds is 39. The summed E-state index contributed by atoms with van der Waals surface area (Å²) in [5.74, 6) is 1.16. The van der Waals surface area contributed by atoms with Gasteiger partial charge in [0.15, 0.2) is 0 Å². The molecular formula is C98H138O22. The van der Waals surface area contributed by atoms with E-state index in [2.05, 4.69) is 65.8 Å².